The number of carbonyl (C=O) groups excluding carboxylic acids is 1. The van der Waals surface area contributed by atoms with Crippen LogP contribution in [0.2, 0.25) is 0 Å². The normalized spacial score (nSPS) is 56.0. The molecule has 0 aliphatic heterocycles. The topological polar surface area (TPSA) is 77.8 Å². The minimum Gasteiger partial charge on any atom is -0.393 e. The molecule has 28 heavy (non-hydrogen) atoms. The third kappa shape index (κ3) is 2.26. The van der Waals surface area contributed by atoms with E-state index in [-0.39, 0.29) is 22.5 Å². The number of allylic oxidation sites excluding steroid dienone is 2. The SMILES string of the molecule is CC12CC[C@H]3[C@@H](CCC4(O)CC(O)CCC34C)C1(O)CCC2C1=CC(=O)CC1. The summed E-state index contributed by atoms with van der Waals surface area (Å²) in [6, 6.07) is 0. The number of rotatable bonds is 1. The Labute approximate surface area is 168 Å². The molecule has 0 aromatic rings. The zero-order chi connectivity index (χ0) is 19.9. The second kappa shape index (κ2) is 5.92. The summed E-state index contributed by atoms with van der Waals surface area (Å²) < 4.78 is 0. The van der Waals surface area contributed by atoms with Gasteiger partial charge in [-0.05, 0) is 87.0 Å². The van der Waals surface area contributed by atoms with E-state index in [4.69, 9.17) is 0 Å². The summed E-state index contributed by atoms with van der Waals surface area (Å²) in [5, 5.41) is 33.9. The van der Waals surface area contributed by atoms with Gasteiger partial charge in [0.15, 0.2) is 5.78 Å². The quantitative estimate of drug-likeness (QED) is 0.642. The van der Waals surface area contributed by atoms with Gasteiger partial charge in [0.25, 0.3) is 0 Å². The van der Waals surface area contributed by atoms with Gasteiger partial charge in [-0.3, -0.25) is 4.79 Å². The van der Waals surface area contributed by atoms with Crippen LogP contribution < -0.4 is 0 Å². The van der Waals surface area contributed by atoms with Crippen LogP contribution in [0.3, 0.4) is 0 Å². The van der Waals surface area contributed by atoms with Gasteiger partial charge in [0.05, 0.1) is 17.3 Å². The largest absolute Gasteiger partial charge is 0.393 e. The fraction of sp³-hybridized carbons (Fsp3) is 0.875. The number of aliphatic hydroxyl groups excluding tert-OH is 1. The smallest absolute Gasteiger partial charge is 0.155 e. The van der Waals surface area contributed by atoms with Crippen LogP contribution in [0.5, 0.6) is 0 Å². The van der Waals surface area contributed by atoms with E-state index < -0.39 is 17.3 Å². The van der Waals surface area contributed by atoms with Gasteiger partial charge in [0, 0.05) is 18.3 Å². The molecule has 4 saturated carbocycles. The maximum atomic E-state index is 12.2. The molecule has 0 aromatic carbocycles. The molecule has 0 saturated heterocycles. The summed E-state index contributed by atoms with van der Waals surface area (Å²) in [5.41, 5.74) is -0.597. The Bertz CT molecular complexity index is 730. The summed E-state index contributed by atoms with van der Waals surface area (Å²) in [6.45, 7) is 4.50. The third-order valence-electron chi connectivity index (χ3n) is 10.4. The van der Waals surface area contributed by atoms with Crippen molar-refractivity contribution >= 4 is 5.78 Å². The molecule has 3 N–H and O–H groups in total. The number of ketones is 1. The Morgan fingerprint density at radius 2 is 1.61 bits per heavy atom. The number of hydrogen-bond acceptors (Lipinski definition) is 4. The van der Waals surface area contributed by atoms with Crippen molar-refractivity contribution < 1.29 is 20.1 Å². The first-order chi connectivity index (χ1) is 13.1. The number of hydrogen-bond donors (Lipinski definition) is 3. The minimum atomic E-state index is -0.797. The zero-order valence-electron chi connectivity index (χ0n) is 17.4. The predicted molar refractivity (Wildman–Crippen MR) is 106 cm³/mol. The molecule has 0 amide bonds. The maximum Gasteiger partial charge on any atom is 0.155 e. The molecule has 5 aliphatic rings. The fourth-order valence-electron chi connectivity index (χ4n) is 8.69. The predicted octanol–water partition coefficient (Wildman–Crippen LogP) is 3.53. The second-order valence-electron chi connectivity index (χ2n) is 11.3. The van der Waals surface area contributed by atoms with Crippen molar-refractivity contribution in [2.24, 2.45) is 28.6 Å². The molecule has 0 spiro atoms. The van der Waals surface area contributed by atoms with Crippen LogP contribution in [-0.4, -0.2) is 38.4 Å². The number of carbonyl (C=O) groups is 1. The van der Waals surface area contributed by atoms with E-state index in [0.29, 0.717) is 31.1 Å². The highest BCUT2D eigenvalue weighted by Crippen LogP contribution is 2.70. The molecule has 6 unspecified atom stereocenters. The first-order valence-corrected chi connectivity index (χ1v) is 11.5. The summed E-state index contributed by atoms with van der Waals surface area (Å²) in [5.74, 6) is 1.11. The van der Waals surface area contributed by atoms with Crippen molar-refractivity contribution in [3.8, 4) is 0 Å². The van der Waals surface area contributed by atoms with Gasteiger partial charge < -0.3 is 15.3 Å². The summed E-state index contributed by atoms with van der Waals surface area (Å²) >= 11 is 0. The lowest BCUT2D eigenvalue weighted by Crippen LogP contribution is -2.67. The maximum absolute atomic E-state index is 12.2. The lowest BCUT2D eigenvalue weighted by Gasteiger charge is -2.66. The lowest BCUT2D eigenvalue weighted by atomic mass is 9.42. The number of aliphatic hydroxyl groups is 3. The van der Waals surface area contributed by atoms with Crippen LogP contribution in [-0.2, 0) is 4.79 Å². The molecule has 5 aliphatic carbocycles. The summed E-state index contributed by atoms with van der Waals surface area (Å²) in [4.78, 5) is 11.9. The third-order valence-corrected chi connectivity index (χ3v) is 10.4. The molecule has 4 fully saturated rings. The van der Waals surface area contributed by atoms with E-state index in [1.807, 2.05) is 6.08 Å². The molecular weight excluding hydrogens is 352 g/mol. The molecule has 0 heterocycles. The molecule has 4 heteroatoms. The van der Waals surface area contributed by atoms with Crippen molar-refractivity contribution in [3.63, 3.8) is 0 Å². The molecule has 5 rings (SSSR count). The molecule has 0 radical (unpaired) electrons. The average molecular weight is 389 g/mol. The standard InChI is InChI=1S/C24H36O4/c1-21-9-5-17(26)14-23(21,27)11-7-20-19(21)6-10-22(2)18(8-12-24(20,22)28)15-3-4-16(25)13-15/h13,17-20,26-28H,3-12,14H2,1-2H3/t17?,18?,19-,20+,21?,22?,23?,24?/m0/s1. The van der Waals surface area contributed by atoms with Gasteiger partial charge in [0.2, 0.25) is 0 Å². The lowest BCUT2D eigenvalue weighted by molar-refractivity contribution is -0.254. The molecular formula is C24H36O4. The van der Waals surface area contributed by atoms with E-state index in [2.05, 4.69) is 13.8 Å². The van der Waals surface area contributed by atoms with Crippen LogP contribution in [0.1, 0.15) is 84.5 Å². The summed E-state index contributed by atoms with van der Waals surface area (Å²) in [6.07, 6.45) is 10.4. The number of fused-ring (bicyclic) bond motifs is 5. The summed E-state index contributed by atoms with van der Waals surface area (Å²) in [7, 11) is 0. The molecule has 8 atom stereocenters. The van der Waals surface area contributed by atoms with Gasteiger partial charge in [-0.1, -0.05) is 19.4 Å². The van der Waals surface area contributed by atoms with Crippen molar-refractivity contribution in [2.45, 2.75) is 102 Å². The molecule has 4 nitrogen and oxygen atoms in total. The first-order valence-electron chi connectivity index (χ1n) is 11.5. The first kappa shape index (κ1) is 19.3. The molecule has 0 bridgehead atoms. The van der Waals surface area contributed by atoms with Gasteiger partial charge in [-0.15, -0.1) is 0 Å². The van der Waals surface area contributed by atoms with Crippen molar-refractivity contribution in [3.05, 3.63) is 11.6 Å². The van der Waals surface area contributed by atoms with Crippen LogP contribution in [0.4, 0.5) is 0 Å². The van der Waals surface area contributed by atoms with Gasteiger partial charge in [-0.2, -0.15) is 0 Å². The van der Waals surface area contributed by atoms with E-state index in [1.165, 1.54) is 5.57 Å². The highest BCUT2D eigenvalue weighted by molar-refractivity contribution is 5.93. The second-order valence-corrected chi connectivity index (χ2v) is 11.3. The van der Waals surface area contributed by atoms with Gasteiger partial charge in [-0.25, -0.2) is 0 Å². The zero-order valence-corrected chi connectivity index (χ0v) is 17.4. The van der Waals surface area contributed by atoms with Crippen molar-refractivity contribution in [1.29, 1.82) is 0 Å². The Morgan fingerprint density at radius 3 is 2.32 bits per heavy atom. The van der Waals surface area contributed by atoms with Crippen LogP contribution in [0.15, 0.2) is 11.6 Å². The Hall–Kier alpha value is -0.710. The Kier molecular flexibility index (Phi) is 4.07. The van der Waals surface area contributed by atoms with Gasteiger partial charge in [0.1, 0.15) is 0 Å². The van der Waals surface area contributed by atoms with E-state index in [0.717, 1.165) is 51.4 Å². The van der Waals surface area contributed by atoms with Crippen LogP contribution in [0.25, 0.3) is 0 Å². The van der Waals surface area contributed by atoms with E-state index >= 15 is 0 Å². The monoisotopic (exact) mass is 388 g/mol. The van der Waals surface area contributed by atoms with Crippen molar-refractivity contribution in [1.82, 2.24) is 0 Å². The van der Waals surface area contributed by atoms with E-state index in [1.54, 1.807) is 0 Å². The van der Waals surface area contributed by atoms with Crippen LogP contribution in [0, 0.1) is 28.6 Å². The Balaban J connectivity index is 1.49. The van der Waals surface area contributed by atoms with E-state index in [9.17, 15) is 20.1 Å². The fourth-order valence-corrected chi connectivity index (χ4v) is 8.69. The minimum absolute atomic E-state index is 0.162. The molecule has 0 aromatic heterocycles. The average Bonchev–Trinajstić information content (AvgIpc) is 3.17. The highest BCUT2D eigenvalue weighted by atomic mass is 16.3. The highest BCUT2D eigenvalue weighted by Gasteiger charge is 2.70. The van der Waals surface area contributed by atoms with Crippen molar-refractivity contribution in [2.75, 3.05) is 0 Å². The Morgan fingerprint density at radius 1 is 0.893 bits per heavy atom. The molecule has 156 valence electrons. The van der Waals surface area contributed by atoms with Crippen LogP contribution >= 0.6 is 0 Å². The van der Waals surface area contributed by atoms with Gasteiger partial charge >= 0.3 is 0 Å².